The Morgan fingerprint density at radius 3 is 2.53 bits per heavy atom. The fraction of sp³-hybridized carbons (Fsp3) is 0.600. The summed E-state index contributed by atoms with van der Waals surface area (Å²) in [5.74, 6) is 0.973. The second kappa shape index (κ2) is 5.19. The molecule has 2 nitrogen and oxygen atoms in total. The molecule has 0 spiro atoms. The van der Waals surface area contributed by atoms with Gasteiger partial charge in [0.05, 0.1) is 6.61 Å². The Morgan fingerprint density at radius 2 is 2.00 bits per heavy atom. The summed E-state index contributed by atoms with van der Waals surface area (Å²) >= 11 is 0. The molecule has 3 atom stereocenters. The fourth-order valence-corrected chi connectivity index (χ4v) is 3.32. The highest BCUT2D eigenvalue weighted by atomic mass is 16.5. The van der Waals surface area contributed by atoms with Crippen LogP contribution in [-0.2, 0) is 10.2 Å². The average molecular weight is 234 g/mol. The third-order valence-corrected chi connectivity index (χ3v) is 4.21. The van der Waals surface area contributed by atoms with Crippen molar-refractivity contribution in [3.8, 4) is 0 Å². The summed E-state index contributed by atoms with van der Waals surface area (Å²) in [7, 11) is 1.77. The quantitative estimate of drug-likeness (QED) is 0.867. The number of hydrogen-bond acceptors (Lipinski definition) is 2. The highest BCUT2D eigenvalue weighted by molar-refractivity contribution is 5.27. The topological polar surface area (TPSA) is 29.5 Å². The lowest BCUT2D eigenvalue weighted by atomic mass is 9.78. The average Bonchev–Trinajstić information content (AvgIpc) is 2.68. The lowest BCUT2D eigenvalue weighted by Gasteiger charge is -2.29. The van der Waals surface area contributed by atoms with Crippen LogP contribution in [0.5, 0.6) is 0 Å². The summed E-state index contributed by atoms with van der Waals surface area (Å²) in [5, 5.41) is 9.44. The van der Waals surface area contributed by atoms with Crippen molar-refractivity contribution in [3.63, 3.8) is 0 Å². The van der Waals surface area contributed by atoms with Crippen molar-refractivity contribution >= 4 is 0 Å². The largest absolute Gasteiger partial charge is 0.396 e. The minimum absolute atomic E-state index is 0.100. The minimum atomic E-state index is 0.100. The van der Waals surface area contributed by atoms with Gasteiger partial charge in [-0.3, -0.25) is 0 Å². The standard InChI is InChI=1S/C15H22O2/c1-12-8-15(11-17-2,9-13(12)10-16)14-6-4-3-5-7-14/h3-7,12-13,16H,8-11H2,1-2H3/t12-,13+,15+/m0/s1. The Bertz CT molecular complexity index is 349. The Kier molecular flexibility index (Phi) is 3.85. The zero-order valence-corrected chi connectivity index (χ0v) is 10.7. The van der Waals surface area contributed by atoms with E-state index in [2.05, 4.69) is 31.2 Å². The molecular weight excluding hydrogens is 212 g/mol. The van der Waals surface area contributed by atoms with Crippen molar-refractivity contribution in [1.29, 1.82) is 0 Å². The summed E-state index contributed by atoms with van der Waals surface area (Å²) in [5.41, 5.74) is 1.45. The molecule has 0 aromatic heterocycles. The minimum Gasteiger partial charge on any atom is -0.396 e. The molecule has 1 aromatic carbocycles. The highest BCUT2D eigenvalue weighted by Crippen LogP contribution is 2.47. The number of aliphatic hydroxyl groups excluding tert-OH is 1. The number of hydrogen-bond donors (Lipinski definition) is 1. The Hall–Kier alpha value is -0.860. The molecule has 0 bridgehead atoms. The van der Waals surface area contributed by atoms with Gasteiger partial charge in [0.1, 0.15) is 0 Å². The van der Waals surface area contributed by atoms with Gasteiger partial charge < -0.3 is 9.84 Å². The van der Waals surface area contributed by atoms with Crippen molar-refractivity contribution in [2.75, 3.05) is 20.3 Å². The smallest absolute Gasteiger partial charge is 0.0559 e. The van der Waals surface area contributed by atoms with Gasteiger partial charge in [0, 0.05) is 19.1 Å². The predicted molar refractivity (Wildman–Crippen MR) is 69.0 cm³/mol. The molecule has 0 saturated heterocycles. The van der Waals surface area contributed by atoms with Crippen LogP contribution in [0.15, 0.2) is 30.3 Å². The van der Waals surface area contributed by atoms with Crippen molar-refractivity contribution < 1.29 is 9.84 Å². The summed E-state index contributed by atoms with van der Waals surface area (Å²) in [6, 6.07) is 10.6. The van der Waals surface area contributed by atoms with Crippen LogP contribution in [0, 0.1) is 11.8 Å². The van der Waals surface area contributed by atoms with Gasteiger partial charge in [0.2, 0.25) is 0 Å². The molecule has 0 heterocycles. The van der Waals surface area contributed by atoms with E-state index >= 15 is 0 Å². The number of rotatable bonds is 4. The van der Waals surface area contributed by atoms with Gasteiger partial charge in [-0.05, 0) is 30.2 Å². The van der Waals surface area contributed by atoms with Crippen LogP contribution in [0.1, 0.15) is 25.3 Å². The summed E-state index contributed by atoms with van der Waals surface area (Å²) in [6.45, 7) is 3.28. The summed E-state index contributed by atoms with van der Waals surface area (Å²) in [6.07, 6.45) is 2.14. The maximum Gasteiger partial charge on any atom is 0.0559 e. The van der Waals surface area contributed by atoms with Crippen LogP contribution >= 0.6 is 0 Å². The van der Waals surface area contributed by atoms with E-state index in [4.69, 9.17) is 4.74 Å². The first kappa shape index (κ1) is 12.6. The molecule has 1 aromatic rings. The van der Waals surface area contributed by atoms with E-state index in [0.717, 1.165) is 19.4 Å². The van der Waals surface area contributed by atoms with Crippen molar-refractivity contribution in [1.82, 2.24) is 0 Å². The van der Waals surface area contributed by atoms with Gasteiger partial charge in [-0.15, -0.1) is 0 Å². The molecule has 0 amide bonds. The molecule has 17 heavy (non-hydrogen) atoms. The third-order valence-electron chi connectivity index (χ3n) is 4.21. The second-order valence-corrected chi connectivity index (χ2v) is 5.41. The predicted octanol–water partition coefficient (Wildman–Crippen LogP) is 2.61. The van der Waals surface area contributed by atoms with E-state index in [1.54, 1.807) is 7.11 Å². The van der Waals surface area contributed by atoms with Gasteiger partial charge in [-0.1, -0.05) is 37.3 Å². The Balaban J connectivity index is 2.29. The van der Waals surface area contributed by atoms with E-state index in [0.29, 0.717) is 18.4 Å². The van der Waals surface area contributed by atoms with Gasteiger partial charge in [0.15, 0.2) is 0 Å². The van der Waals surface area contributed by atoms with Gasteiger partial charge in [0.25, 0.3) is 0 Å². The van der Waals surface area contributed by atoms with Gasteiger partial charge >= 0.3 is 0 Å². The first-order valence-electron chi connectivity index (χ1n) is 6.37. The SMILES string of the molecule is COC[C@]1(c2ccccc2)C[C@H](CO)[C@@H](C)C1. The number of ether oxygens (including phenoxy) is 1. The van der Waals surface area contributed by atoms with E-state index in [-0.39, 0.29) is 5.41 Å². The maximum atomic E-state index is 9.44. The lowest BCUT2D eigenvalue weighted by Crippen LogP contribution is -2.29. The van der Waals surface area contributed by atoms with Crippen LogP contribution in [0.4, 0.5) is 0 Å². The highest BCUT2D eigenvalue weighted by Gasteiger charge is 2.44. The third kappa shape index (κ3) is 2.38. The lowest BCUT2D eigenvalue weighted by molar-refractivity contribution is 0.125. The van der Waals surface area contributed by atoms with Gasteiger partial charge in [-0.2, -0.15) is 0 Å². The van der Waals surface area contributed by atoms with Crippen LogP contribution in [0.2, 0.25) is 0 Å². The molecule has 1 saturated carbocycles. The molecule has 2 heteroatoms. The van der Waals surface area contributed by atoms with Crippen LogP contribution in [-0.4, -0.2) is 25.4 Å². The van der Waals surface area contributed by atoms with Crippen LogP contribution < -0.4 is 0 Å². The Morgan fingerprint density at radius 1 is 1.29 bits per heavy atom. The Labute approximate surface area is 104 Å². The summed E-state index contributed by atoms with van der Waals surface area (Å²) < 4.78 is 5.44. The normalized spacial score (nSPS) is 32.9. The molecule has 2 rings (SSSR count). The van der Waals surface area contributed by atoms with Crippen LogP contribution in [0.25, 0.3) is 0 Å². The first-order valence-corrected chi connectivity index (χ1v) is 6.37. The second-order valence-electron chi connectivity index (χ2n) is 5.41. The monoisotopic (exact) mass is 234 g/mol. The molecule has 0 radical (unpaired) electrons. The summed E-state index contributed by atoms with van der Waals surface area (Å²) in [4.78, 5) is 0. The van der Waals surface area contributed by atoms with E-state index in [9.17, 15) is 5.11 Å². The molecular formula is C15H22O2. The van der Waals surface area contributed by atoms with E-state index in [1.807, 2.05) is 6.07 Å². The van der Waals surface area contributed by atoms with E-state index in [1.165, 1.54) is 5.56 Å². The zero-order valence-electron chi connectivity index (χ0n) is 10.7. The number of aliphatic hydroxyl groups is 1. The van der Waals surface area contributed by atoms with Crippen molar-refractivity contribution in [2.45, 2.75) is 25.2 Å². The molecule has 0 aliphatic heterocycles. The van der Waals surface area contributed by atoms with Crippen LogP contribution in [0.3, 0.4) is 0 Å². The molecule has 1 aliphatic rings. The molecule has 1 fully saturated rings. The number of methoxy groups -OCH3 is 1. The molecule has 1 aliphatic carbocycles. The van der Waals surface area contributed by atoms with Crippen molar-refractivity contribution in [3.05, 3.63) is 35.9 Å². The molecule has 1 N–H and O–H groups in total. The molecule has 0 unspecified atom stereocenters. The van der Waals surface area contributed by atoms with Gasteiger partial charge in [-0.25, -0.2) is 0 Å². The number of benzene rings is 1. The fourth-order valence-electron chi connectivity index (χ4n) is 3.32. The first-order chi connectivity index (χ1) is 8.22. The molecule has 94 valence electrons. The maximum absolute atomic E-state index is 9.44. The zero-order chi connectivity index (χ0) is 12.3. The van der Waals surface area contributed by atoms with Crippen molar-refractivity contribution in [2.24, 2.45) is 11.8 Å². The van der Waals surface area contributed by atoms with E-state index < -0.39 is 0 Å².